The van der Waals surface area contributed by atoms with Crippen molar-refractivity contribution in [3.63, 3.8) is 0 Å². The minimum absolute atomic E-state index is 0.0821. The molecule has 4 amide bonds. The van der Waals surface area contributed by atoms with Crippen LogP contribution in [0.25, 0.3) is 0 Å². The Kier molecular flexibility index (Phi) is 9.54. The summed E-state index contributed by atoms with van der Waals surface area (Å²) in [4.78, 5) is 47.3. The third kappa shape index (κ3) is 10.3. The van der Waals surface area contributed by atoms with Gasteiger partial charge in [0.1, 0.15) is 23.3 Å². The van der Waals surface area contributed by atoms with E-state index in [0.29, 0.717) is 39.0 Å². The van der Waals surface area contributed by atoms with Crippen LogP contribution in [0.1, 0.15) is 54.4 Å². The number of ether oxygens (including phenoxy) is 2. The number of alkyl carbamates (subject to hydrolysis) is 2. The summed E-state index contributed by atoms with van der Waals surface area (Å²) in [6.07, 6.45) is 0.140. The third-order valence-electron chi connectivity index (χ3n) is 4.13. The number of nitrogens with zero attached hydrogens (tertiary/aromatic N) is 1. The Morgan fingerprint density at radius 1 is 1.00 bits per heavy atom. The molecular formula is C20H37N5O6. The average molecular weight is 444 g/mol. The van der Waals surface area contributed by atoms with Crippen molar-refractivity contribution in [1.82, 2.24) is 20.9 Å². The van der Waals surface area contributed by atoms with E-state index in [9.17, 15) is 19.2 Å². The number of hydrogen-bond donors (Lipinski definition) is 4. The Morgan fingerprint density at radius 2 is 1.52 bits per heavy atom. The van der Waals surface area contributed by atoms with Crippen molar-refractivity contribution >= 4 is 24.0 Å². The van der Waals surface area contributed by atoms with Gasteiger partial charge in [-0.05, 0) is 54.4 Å². The number of amides is 4. The highest BCUT2D eigenvalue weighted by Gasteiger charge is 2.33. The summed E-state index contributed by atoms with van der Waals surface area (Å²) in [6.45, 7) is 12.9. The molecule has 2 aliphatic rings. The third-order valence-corrected chi connectivity index (χ3v) is 4.13. The topological polar surface area (TPSA) is 152 Å². The Labute approximate surface area is 183 Å². The van der Waals surface area contributed by atoms with Crippen LogP contribution in [-0.4, -0.2) is 78.4 Å². The maximum absolute atomic E-state index is 11.8. The first-order valence-corrected chi connectivity index (χ1v) is 10.5. The van der Waals surface area contributed by atoms with Crippen LogP contribution in [0, 0.1) is 0 Å². The van der Waals surface area contributed by atoms with Crippen LogP contribution in [0.2, 0.25) is 0 Å². The van der Waals surface area contributed by atoms with Crippen LogP contribution in [0.15, 0.2) is 0 Å². The quantitative estimate of drug-likeness (QED) is 0.493. The highest BCUT2D eigenvalue weighted by Crippen LogP contribution is 2.12. The molecule has 0 radical (unpaired) electrons. The summed E-state index contributed by atoms with van der Waals surface area (Å²) in [6, 6.07) is -0.916. The molecule has 0 aliphatic carbocycles. The van der Waals surface area contributed by atoms with E-state index >= 15 is 0 Å². The van der Waals surface area contributed by atoms with Gasteiger partial charge >= 0.3 is 12.2 Å². The molecule has 2 rings (SSSR count). The van der Waals surface area contributed by atoms with Gasteiger partial charge in [-0.2, -0.15) is 0 Å². The molecule has 0 aromatic heterocycles. The smallest absolute Gasteiger partial charge is 0.408 e. The monoisotopic (exact) mass is 443 g/mol. The maximum atomic E-state index is 11.8. The number of rotatable bonds is 4. The molecule has 2 heterocycles. The van der Waals surface area contributed by atoms with Crippen LogP contribution in [0.4, 0.5) is 9.59 Å². The number of carbonyl (C=O) groups is 4. The molecule has 2 saturated heterocycles. The van der Waals surface area contributed by atoms with Crippen molar-refractivity contribution in [2.75, 3.05) is 26.2 Å². The van der Waals surface area contributed by atoms with Crippen LogP contribution in [-0.2, 0) is 19.1 Å². The van der Waals surface area contributed by atoms with E-state index in [1.807, 2.05) is 0 Å². The van der Waals surface area contributed by atoms with E-state index in [0.717, 1.165) is 0 Å². The normalized spacial score (nSPS) is 21.1. The summed E-state index contributed by atoms with van der Waals surface area (Å²) in [5, 5.41) is 7.72. The van der Waals surface area contributed by atoms with Gasteiger partial charge in [-0.3, -0.25) is 9.59 Å². The predicted octanol–water partition coefficient (Wildman–Crippen LogP) is 0.470. The van der Waals surface area contributed by atoms with Crippen molar-refractivity contribution in [3.05, 3.63) is 0 Å². The minimum atomic E-state index is -0.553. The lowest BCUT2D eigenvalue weighted by molar-refractivity contribution is -0.129. The lowest BCUT2D eigenvalue weighted by Crippen LogP contribution is -2.44. The minimum Gasteiger partial charge on any atom is -0.444 e. The standard InChI is InChI=1S/C11H21N3O3.C9H16N2O3/c1-11(2,3)17-10(16)13-8-4-6-14(7-5-12)9(8)15;1-9(2,3)14-8(13)11-6-4-5-10-7(6)12/h8H,4-7,12H2,1-3H3,(H,13,16);6H,4-5H2,1-3H3,(H,10,12)(H,11,13)/t8-;6-/m00/s1. The van der Waals surface area contributed by atoms with E-state index in [1.165, 1.54) is 0 Å². The summed E-state index contributed by atoms with van der Waals surface area (Å²) in [7, 11) is 0. The highest BCUT2D eigenvalue weighted by molar-refractivity contribution is 5.88. The number of carbonyl (C=O) groups excluding carboxylic acids is 4. The van der Waals surface area contributed by atoms with Gasteiger partial charge < -0.3 is 36.1 Å². The second-order valence-corrected chi connectivity index (χ2v) is 9.38. The van der Waals surface area contributed by atoms with Crippen molar-refractivity contribution < 1.29 is 28.7 Å². The van der Waals surface area contributed by atoms with Crippen LogP contribution < -0.4 is 21.7 Å². The molecule has 2 aliphatic heterocycles. The van der Waals surface area contributed by atoms with Gasteiger partial charge in [-0.1, -0.05) is 0 Å². The summed E-state index contributed by atoms with van der Waals surface area (Å²) in [5.41, 5.74) is 4.31. The highest BCUT2D eigenvalue weighted by atomic mass is 16.6. The largest absolute Gasteiger partial charge is 0.444 e. The SMILES string of the molecule is CC(C)(C)OC(=O)N[C@H]1CCN(CCN)C1=O.CC(C)(C)OC(=O)N[C@H]1CCNC1=O. The number of nitrogens with one attached hydrogen (secondary N) is 3. The van der Waals surface area contributed by atoms with Crippen molar-refractivity contribution in [3.8, 4) is 0 Å². The molecule has 0 aromatic carbocycles. The lowest BCUT2D eigenvalue weighted by Gasteiger charge is -2.21. The van der Waals surface area contributed by atoms with Gasteiger partial charge in [0, 0.05) is 26.2 Å². The zero-order valence-corrected chi connectivity index (χ0v) is 19.4. The molecule has 31 heavy (non-hydrogen) atoms. The van der Waals surface area contributed by atoms with E-state index < -0.39 is 35.5 Å². The molecule has 2 atom stereocenters. The van der Waals surface area contributed by atoms with Crippen molar-refractivity contribution in [2.45, 2.75) is 77.7 Å². The van der Waals surface area contributed by atoms with Crippen molar-refractivity contribution in [2.24, 2.45) is 5.73 Å². The first-order valence-electron chi connectivity index (χ1n) is 10.5. The first kappa shape index (κ1) is 26.5. The Balaban J connectivity index is 0.000000316. The molecule has 2 fully saturated rings. The molecular weight excluding hydrogens is 406 g/mol. The van der Waals surface area contributed by atoms with Crippen molar-refractivity contribution in [1.29, 1.82) is 0 Å². The zero-order valence-electron chi connectivity index (χ0n) is 19.4. The van der Waals surface area contributed by atoms with Gasteiger partial charge in [0.25, 0.3) is 0 Å². The molecule has 0 bridgehead atoms. The van der Waals surface area contributed by atoms with E-state index in [1.54, 1.807) is 46.4 Å². The fraction of sp³-hybridized carbons (Fsp3) is 0.800. The number of likely N-dealkylation sites (tertiary alicyclic amines) is 1. The summed E-state index contributed by atoms with van der Waals surface area (Å²) in [5.74, 6) is -0.225. The van der Waals surface area contributed by atoms with Crippen LogP contribution in [0.3, 0.4) is 0 Å². The molecule has 0 saturated carbocycles. The molecule has 0 unspecified atom stereocenters. The molecule has 5 N–H and O–H groups in total. The second kappa shape index (κ2) is 11.2. The number of nitrogens with two attached hydrogens (primary N) is 1. The van der Waals surface area contributed by atoms with Crippen LogP contribution in [0.5, 0.6) is 0 Å². The fourth-order valence-corrected chi connectivity index (χ4v) is 2.88. The molecule has 11 heteroatoms. The van der Waals surface area contributed by atoms with E-state index in [2.05, 4.69) is 16.0 Å². The van der Waals surface area contributed by atoms with Gasteiger partial charge in [-0.15, -0.1) is 0 Å². The first-order chi connectivity index (χ1) is 14.2. The molecule has 0 aromatic rings. The number of hydrogen-bond acceptors (Lipinski definition) is 7. The predicted molar refractivity (Wildman–Crippen MR) is 114 cm³/mol. The average Bonchev–Trinajstić information content (AvgIpc) is 3.13. The molecule has 178 valence electrons. The molecule has 11 nitrogen and oxygen atoms in total. The lowest BCUT2D eigenvalue weighted by atomic mass is 10.2. The zero-order chi connectivity index (χ0) is 23.8. The van der Waals surface area contributed by atoms with E-state index in [-0.39, 0.29) is 11.8 Å². The summed E-state index contributed by atoms with van der Waals surface area (Å²) < 4.78 is 10.1. The molecule has 0 spiro atoms. The maximum Gasteiger partial charge on any atom is 0.408 e. The van der Waals surface area contributed by atoms with Gasteiger partial charge in [-0.25, -0.2) is 9.59 Å². The van der Waals surface area contributed by atoms with E-state index in [4.69, 9.17) is 15.2 Å². The van der Waals surface area contributed by atoms with Gasteiger partial charge in [0.15, 0.2) is 0 Å². The van der Waals surface area contributed by atoms with Crippen LogP contribution >= 0.6 is 0 Å². The Hall–Kier alpha value is -2.56. The van der Waals surface area contributed by atoms with Gasteiger partial charge in [0.05, 0.1) is 0 Å². The Bertz CT molecular complexity index is 655. The summed E-state index contributed by atoms with van der Waals surface area (Å²) >= 11 is 0. The fourth-order valence-electron chi connectivity index (χ4n) is 2.88. The van der Waals surface area contributed by atoms with Gasteiger partial charge in [0.2, 0.25) is 11.8 Å². The Morgan fingerprint density at radius 3 is 1.94 bits per heavy atom. The second-order valence-electron chi connectivity index (χ2n) is 9.38.